The number of aromatic nitrogens is 1. The fraction of sp³-hybridized carbons (Fsp3) is 0.400. The molecule has 0 aliphatic heterocycles. The van der Waals surface area contributed by atoms with Crippen molar-refractivity contribution in [2.45, 2.75) is 43.4 Å². The van der Waals surface area contributed by atoms with Crippen molar-refractivity contribution in [2.24, 2.45) is 7.05 Å². The van der Waals surface area contributed by atoms with Crippen molar-refractivity contribution in [3.63, 3.8) is 0 Å². The summed E-state index contributed by atoms with van der Waals surface area (Å²) in [5, 5.41) is 14.6. The molecule has 176 valence electrons. The Bertz CT molecular complexity index is 1220. The number of hydrogen-bond donors (Lipinski definition) is 2. The summed E-state index contributed by atoms with van der Waals surface area (Å²) in [5.41, 5.74) is -1.10. The van der Waals surface area contributed by atoms with Gasteiger partial charge in [0.2, 0.25) is 0 Å². The van der Waals surface area contributed by atoms with E-state index in [1.165, 1.54) is 4.57 Å². The molecule has 2 N–H and O–H groups in total. The standard InChI is InChI=1S/C25H27F3N2O3/c1-30-13-12-18-20(23(30)31)9-4-10-21(18)29-15-24(32,25(26,27)28)14-16-6-3-8-19-17(16)7-5-11-22(19)33-2/h4-5,7,9-13,16,29,32H,3,6,8,14-15H2,1-2H3. The Morgan fingerprint density at radius 1 is 1.15 bits per heavy atom. The van der Waals surface area contributed by atoms with Crippen LogP contribution in [0.5, 0.6) is 5.75 Å². The van der Waals surface area contributed by atoms with E-state index in [1.807, 2.05) is 12.1 Å². The van der Waals surface area contributed by atoms with Crippen LogP contribution in [0, 0.1) is 0 Å². The number of fused-ring (bicyclic) bond motifs is 2. The molecule has 3 aromatic rings. The molecule has 0 fully saturated rings. The summed E-state index contributed by atoms with van der Waals surface area (Å²) in [6, 6.07) is 11.9. The Hall–Kier alpha value is -3.00. The zero-order valence-corrected chi connectivity index (χ0v) is 18.6. The van der Waals surface area contributed by atoms with Crippen LogP contribution in [-0.2, 0) is 13.5 Å². The predicted molar refractivity (Wildman–Crippen MR) is 122 cm³/mol. The zero-order valence-electron chi connectivity index (χ0n) is 18.6. The number of methoxy groups -OCH3 is 1. The average Bonchev–Trinajstić information content (AvgIpc) is 2.79. The largest absolute Gasteiger partial charge is 0.496 e. The number of hydrogen-bond acceptors (Lipinski definition) is 4. The van der Waals surface area contributed by atoms with Crippen molar-refractivity contribution >= 4 is 16.5 Å². The summed E-state index contributed by atoms with van der Waals surface area (Å²) >= 11 is 0. The lowest BCUT2D eigenvalue weighted by Crippen LogP contribution is -2.51. The van der Waals surface area contributed by atoms with Gasteiger partial charge in [-0.1, -0.05) is 18.2 Å². The van der Waals surface area contributed by atoms with Crippen LogP contribution in [0.15, 0.2) is 53.5 Å². The molecule has 33 heavy (non-hydrogen) atoms. The van der Waals surface area contributed by atoms with Crippen LogP contribution < -0.4 is 15.6 Å². The smallest absolute Gasteiger partial charge is 0.418 e. The van der Waals surface area contributed by atoms with Crippen molar-refractivity contribution in [1.29, 1.82) is 0 Å². The van der Waals surface area contributed by atoms with Crippen LogP contribution in [0.1, 0.15) is 36.3 Å². The highest BCUT2D eigenvalue weighted by molar-refractivity contribution is 5.93. The number of benzene rings is 2. The van der Waals surface area contributed by atoms with Crippen LogP contribution >= 0.6 is 0 Å². The molecule has 0 spiro atoms. The molecule has 0 bridgehead atoms. The second kappa shape index (κ2) is 8.74. The van der Waals surface area contributed by atoms with Gasteiger partial charge >= 0.3 is 6.18 Å². The van der Waals surface area contributed by atoms with E-state index in [1.54, 1.807) is 50.7 Å². The van der Waals surface area contributed by atoms with Crippen molar-refractivity contribution in [3.8, 4) is 5.75 Å². The number of pyridine rings is 1. The van der Waals surface area contributed by atoms with Gasteiger partial charge in [-0.05, 0) is 67.0 Å². The van der Waals surface area contributed by atoms with Crippen LogP contribution in [-0.4, -0.2) is 35.1 Å². The van der Waals surface area contributed by atoms with Crippen molar-refractivity contribution in [1.82, 2.24) is 4.57 Å². The van der Waals surface area contributed by atoms with Crippen molar-refractivity contribution < 1.29 is 23.0 Å². The maximum atomic E-state index is 14.1. The van der Waals surface area contributed by atoms with Gasteiger partial charge in [-0.2, -0.15) is 13.2 Å². The number of rotatable bonds is 6. The minimum Gasteiger partial charge on any atom is -0.496 e. The molecule has 0 saturated carbocycles. The minimum atomic E-state index is -4.84. The molecule has 1 aliphatic rings. The number of aliphatic hydroxyl groups is 1. The molecular formula is C25H27F3N2O3. The topological polar surface area (TPSA) is 63.5 Å². The lowest BCUT2D eigenvalue weighted by atomic mass is 9.76. The summed E-state index contributed by atoms with van der Waals surface area (Å²) in [7, 11) is 3.16. The highest BCUT2D eigenvalue weighted by Gasteiger charge is 2.54. The SMILES string of the molecule is COc1cccc2c1CCCC2CC(O)(CNc1cccc2c(=O)n(C)ccc12)C(F)(F)F. The Morgan fingerprint density at radius 3 is 2.64 bits per heavy atom. The Labute approximate surface area is 189 Å². The lowest BCUT2D eigenvalue weighted by molar-refractivity contribution is -0.258. The normalized spacial score (nSPS) is 17.9. The van der Waals surface area contributed by atoms with Gasteiger partial charge in [-0.25, -0.2) is 0 Å². The molecule has 2 aromatic carbocycles. The molecule has 0 radical (unpaired) electrons. The van der Waals surface area contributed by atoms with E-state index in [-0.39, 0.29) is 5.56 Å². The summed E-state index contributed by atoms with van der Waals surface area (Å²) in [5.74, 6) is 0.222. The number of alkyl halides is 3. The molecule has 2 unspecified atom stereocenters. The highest BCUT2D eigenvalue weighted by atomic mass is 19.4. The third-order valence-electron chi connectivity index (χ3n) is 6.61. The number of ether oxygens (including phenoxy) is 1. The summed E-state index contributed by atoms with van der Waals surface area (Å²) in [4.78, 5) is 12.4. The van der Waals surface area contributed by atoms with Crippen LogP contribution in [0.2, 0.25) is 0 Å². The number of aryl methyl sites for hydroxylation is 1. The molecule has 1 aliphatic carbocycles. The molecule has 1 heterocycles. The summed E-state index contributed by atoms with van der Waals surface area (Å²) < 4.78 is 49.2. The van der Waals surface area contributed by atoms with Gasteiger partial charge in [0, 0.05) is 29.7 Å². The molecule has 1 aromatic heterocycles. The van der Waals surface area contributed by atoms with Gasteiger partial charge in [0.1, 0.15) is 5.75 Å². The van der Waals surface area contributed by atoms with Gasteiger partial charge in [-0.15, -0.1) is 0 Å². The van der Waals surface area contributed by atoms with E-state index >= 15 is 0 Å². The monoisotopic (exact) mass is 460 g/mol. The first-order chi connectivity index (χ1) is 15.6. The van der Waals surface area contributed by atoms with Gasteiger partial charge in [0.15, 0.2) is 5.60 Å². The number of halogens is 3. The summed E-state index contributed by atoms with van der Waals surface area (Å²) in [6.45, 7) is -0.722. The Morgan fingerprint density at radius 2 is 1.91 bits per heavy atom. The van der Waals surface area contributed by atoms with Crippen LogP contribution in [0.4, 0.5) is 18.9 Å². The third kappa shape index (κ3) is 4.31. The maximum absolute atomic E-state index is 14.1. The number of anilines is 1. The van der Waals surface area contributed by atoms with E-state index in [2.05, 4.69) is 5.32 Å². The molecule has 5 nitrogen and oxygen atoms in total. The maximum Gasteiger partial charge on any atom is 0.418 e. The quantitative estimate of drug-likeness (QED) is 0.557. The fourth-order valence-electron chi connectivity index (χ4n) is 4.78. The first-order valence-corrected chi connectivity index (χ1v) is 10.9. The Kier molecular flexibility index (Phi) is 6.14. The molecule has 8 heteroatoms. The van der Waals surface area contributed by atoms with Gasteiger partial charge < -0.3 is 19.7 Å². The van der Waals surface area contributed by atoms with Crippen molar-refractivity contribution in [2.75, 3.05) is 19.0 Å². The van der Waals surface area contributed by atoms with Crippen LogP contribution in [0.3, 0.4) is 0 Å². The fourth-order valence-corrected chi connectivity index (χ4v) is 4.78. The summed E-state index contributed by atoms with van der Waals surface area (Å²) in [6.07, 6.45) is -1.70. The third-order valence-corrected chi connectivity index (χ3v) is 6.61. The second-order valence-electron chi connectivity index (χ2n) is 8.70. The number of nitrogens with zero attached hydrogens (tertiary/aromatic N) is 1. The van der Waals surface area contributed by atoms with Gasteiger partial charge in [0.05, 0.1) is 13.7 Å². The predicted octanol–water partition coefficient (Wildman–Crippen LogP) is 4.76. The molecular weight excluding hydrogens is 433 g/mol. The van der Waals surface area contributed by atoms with E-state index in [4.69, 9.17) is 4.74 Å². The first kappa shape index (κ1) is 23.2. The van der Waals surface area contributed by atoms with Gasteiger partial charge in [0.25, 0.3) is 5.56 Å². The van der Waals surface area contributed by atoms with Gasteiger partial charge in [-0.3, -0.25) is 4.79 Å². The van der Waals surface area contributed by atoms with E-state index in [0.29, 0.717) is 28.6 Å². The first-order valence-electron chi connectivity index (χ1n) is 10.9. The average molecular weight is 460 g/mol. The molecule has 2 atom stereocenters. The van der Waals surface area contributed by atoms with E-state index in [0.717, 1.165) is 24.0 Å². The van der Waals surface area contributed by atoms with Crippen LogP contribution in [0.25, 0.3) is 10.8 Å². The molecule has 0 amide bonds. The lowest BCUT2D eigenvalue weighted by Gasteiger charge is -2.36. The van der Waals surface area contributed by atoms with Crippen molar-refractivity contribution in [3.05, 3.63) is 70.1 Å². The van der Waals surface area contributed by atoms with E-state index in [9.17, 15) is 23.1 Å². The van der Waals surface area contributed by atoms with E-state index < -0.39 is 30.7 Å². The molecule has 0 saturated heterocycles. The minimum absolute atomic E-state index is 0.241. The Balaban J connectivity index is 1.64. The number of nitrogens with one attached hydrogen (secondary N) is 1. The zero-order chi connectivity index (χ0) is 23.8. The molecule has 4 rings (SSSR count). The highest BCUT2D eigenvalue weighted by Crippen LogP contribution is 2.44. The second-order valence-corrected chi connectivity index (χ2v) is 8.70.